The SMILES string of the molecule is c1cncc(-c2ccnc(-n3c4ccccc4c4cc5ccsc5cc43)c2)c1. The zero-order valence-electron chi connectivity index (χ0n) is 14.9. The molecule has 0 atom stereocenters. The van der Waals surface area contributed by atoms with Gasteiger partial charge in [0, 0.05) is 39.6 Å². The van der Waals surface area contributed by atoms with Crippen LogP contribution in [0.4, 0.5) is 0 Å². The highest BCUT2D eigenvalue weighted by Crippen LogP contribution is 2.36. The first kappa shape index (κ1) is 15.5. The molecule has 2 aromatic carbocycles. The Morgan fingerprint density at radius 2 is 1.71 bits per heavy atom. The van der Waals surface area contributed by atoms with E-state index >= 15 is 0 Å². The van der Waals surface area contributed by atoms with Gasteiger partial charge in [0.25, 0.3) is 0 Å². The molecule has 28 heavy (non-hydrogen) atoms. The average Bonchev–Trinajstić information content (AvgIpc) is 3.34. The highest BCUT2D eigenvalue weighted by atomic mass is 32.1. The molecule has 0 aliphatic heterocycles. The number of hydrogen-bond acceptors (Lipinski definition) is 3. The Kier molecular flexibility index (Phi) is 3.34. The predicted octanol–water partition coefficient (Wildman–Crippen LogP) is 6.46. The molecule has 4 aromatic heterocycles. The zero-order valence-corrected chi connectivity index (χ0v) is 15.7. The Balaban J connectivity index is 1.69. The normalized spacial score (nSPS) is 11.6. The van der Waals surface area contributed by atoms with Gasteiger partial charge in [0.05, 0.1) is 11.0 Å². The van der Waals surface area contributed by atoms with Crippen LogP contribution in [-0.4, -0.2) is 14.5 Å². The second kappa shape index (κ2) is 6.01. The molecule has 4 heteroatoms. The van der Waals surface area contributed by atoms with Gasteiger partial charge in [0.15, 0.2) is 0 Å². The van der Waals surface area contributed by atoms with Gasteiger partial charge in [0.1, 0.15) is 5.82 Å². The van der Waals surface area contributed by atoms with Crippen molar-refractivity contribution in [2.24, 2.45) is 0 Å². The summed E-state index contributed by atoms with van der Waals surface area (Å²) in [5.74, 6) is 0.920. The van der Waals surface area contributed by atoms with Gasteiger partial charge in [-0.05, 0) is 58.8 Å². The monoisotopic (exact) mass is 377 g/mol. The first-order chi connectivity index (χ1) is 13.9. The third-order valence-corrected chi connectivity index (χ3v) is 6.10. The molecule has 132 valence electrons. The van der Waals surface area contributed by atoms with Gasteiger partial charge in [0.2, 0.25) is 0 Å². The number of benzene rings is 2. The molecule has 0 unspecified atom stereocenters. The molecule has 6 aromatic rings. The van der Waals surface area contributed by atoms with E-state index in [4.69, 9.17) is 4.98 Å². The number of nitrogens with zero attached hydrogens (tertiary/aromatic N) is 3. The highest BCUT2D eigenvalue weighted by Gasteiger charge is 2.14. The number of para-hydroxylation sites is 1. The maximum Gasteiger partial charge on any atom is 0.138 e. The van der Waals surface area contributed by atoms with Crippen LogP contribution in [0.2, 0.25) is 0 Å². The van der Waals surface area contributed by atoms with Gasteiger partial charge >= 0.3 is 0 Å². The molecule has 0 fully saturated rings. The first-order valence-electron chi connectivity index (χ1n) is 9.16. The summed E-state index contributed by atoms with van der Waals surface area (Å²) in [6.45, 7) is 0. The van der Waals surface area contributed by atoms with Crippen LogP contribution in [0, 0.1) is 0 Å². The van der Waals surface area contributed by atoms with Gasteiger partial charge < -0.3 is 0 Å². The van der Waals surface area contributed by atoms with E-state index in [2.05, 4.69) is 69.5 Å². The van der Waals surface area contributed by atoms with Crippen molar-refractivity contribution in [3.05, 3.63) is 90.7 Å². The lowest BCUT2D eigenvalue weighted by atomic mass is 10.1. The standard InChI is InChI=1S/C24H15N3S/c1-2-6-21-19(5-1)20-12-17-8-11-28-23(17)14-22(20)27(21)24-13-16(7-10-26-24)18-4-3-9-25-15-18/h1-15H. The van der Waals surface area contributed by atoms with Crippen LogP contribution in [0.25, 0.3) is 48.8 Å². The summed E-state index contributed by atoms with van der Waals surface area (Å²) in [6, 6.07) is 23.5. The fourth-order valence-electron chi connectivity index (χ4n) is 3.93. The minimum atomic E-state index is 0.920. The van der Waals surface area contributed by atoms with E-state index < -0.39 is 0 Å². The second-order valence-electron chi connectivity index (χ2n) is 6.82. The van der Waals surface area contributed by atoms with Crippen molar-refractivity contribution in [1.29, 1.82) is 0 Å². The fourth-order valence-corrected chi connectivity index (χ4v) is 4.73. The molecule has 0 aliphatic rings. The summed E-state index contributed by atoms with van der Waals surface area (Å²) in [6.07, 6.45) is 5.56. The minimum absolute atomic E-state index is 0.920. The molecule has 0 spiro atoms. The fraction of sp³-hybridized carbons (Fsp3) is 0. The molecular formula is C24H15N3S. The Hall–Kier alpha value is -3.50. The summed E-state index contributed by atoms with van der Waals surface area (Å²) in [5.41, 5.74) is 4.56. The number of thiophene rings is 1. The maximum atomic E-state index is 4.72. The van der Waals surface area contributed by atoms with Crippen molar-refractivity contribution in [2.45, 2.75) is 0 Å². The quantitative estimate of drug-likeness (QED) is 0.347. The Labute approximate surface area is 165 Å². The Morgan fingerprint density at radius 3 is 2.64 bits per heavy atom. The lowest BCUT2D eigenvalue weighted by Crippen LogP contribution is -1.97. The Morgan fingerprint density at radius 1 is 0.750 bits per heavy atom. The van der Waals surface area contributed by atoms with Crippen LogP contribution >= 0.6 is 11.3 Å². The molecule has 0 bridgehead atoms. The number of aromatic nitrogens is 3. The first-order valence-corrected chi connectivity index (χ1v) is 10.0. The molecule has 0 saturated carbocycles. The third-order valence-electron chi connectivity index (χ3n) is 5.22. The highest BCUT2D eigenvalue weighted by molar-refractivity contribution is 7.17. The van der Waals surface area contributed by atoms with Crippen LogP contribution in [0.5, 0.6) is 0 Å². The van der Waals surface area contributed by atoms with E-state index in [0.717, 1.165) is 16.9 Å². The Bertz CT molecular complexity index is 1460. The molecule has 0 aliphatic carbocycles. The lowest BCUT2D eigenvalue weighted by Gasteiger charge is -2.09. The third kappa shape index (κ3) is 2.28. The molecule has 3 nitrogen and oxygen atoms in total. The van der Waals surface area contributed by atoms with E-state index in [1.54, 1.807) is 17.5 Å². The number of pyridine rings is 2. The van der Waals surface area contributed by atoms with Crippen molar-refractivity contribution >= 4 is 43.2 Å². The number of hydrogen-bond donors (Lipinski definition) is 0. The summed E-state index contributed by atoms with van der Waals surface area (Å²) in [7, 11) is 0. The average molecular weight is 377 g/mol. The molecule has 0 amide bonds. The van der Waals surface area contributed by atoms with Crippen LogP contribution in [-0.2, 0) is 0 Å². The van der Waals surface area contributed by atoms with E-state index in [-0.39, 0.29) is 0 Å². The predicted molar refractivity (Wildman–Crippen MR) is 117 cm³/mol. The largest absolute Gasteiger partial charge is 0.294 e. The van der Waals surface area contributed by atoms with Crippen LogP contribution < -0.4 is 0 Å². The number of rotatable bonds is 2. The van der Waals surface area contributed by atoms with Crippen LogP contribution in [0.1, 0.15) is 0 Å². The number of fused-ring (bicyclic) bond motifs is 4. The smallest absolute Gasteiger partial charge is 0.138 e. The van der Waals surface area contributed by atoms with Crippen molar-refractivity contribution in [2.75, 3.05) is 0 Å². The maximum absolute atomic E-state index is 4.72. The summed E-state index contributed by atoms with van der Waals surface area (Å²) in [4.78, 5) is 8.98. The van der Waals surface area contributed by atoms with Gasteiger partial charge in [-0.25, -0.2) is 4.98 Å². The van der Waals surface area contributed by atoms with Crippen LogP contribution in [0.15, 0.2) is 90.7 Å². The molecule has 0 N–H and O–H groups in total. The summed E-state index contributed by atoms with van der Waals surface area (Å²) >= 11 is 1.77. The van der Waals surface area contributed by atoms with Gasteiger partial charge in [-0.2, -0.15) is 0 Å². The van der Waals surface area contributed by atoms with E-state index in [1.165, 1.54) is 31.9 Å². The lowest BCUT2D eigenvalue weighted by molar-refractivity contribution is 1.08. The van der Waals surface area contributed by atoms with Crippen molar-refractivity contribution in [1.82, 2.24) is 14.5 Å². The van der Waals surface area contributed by atoms with Crippen molar-refractivity contribution in [3.63, 3.8) is 0 Å². The van der Waals surface area contributed by atoms with E-state index in [9.17, 15) is 0 Å². The van der Waals surface area contributed by atoms with Crippen LogP contribution in [0.3, 0.4) is 0 Å². The topological polar surface area (TPSA) is 30.7 Å². The molecule has 6 rings (SSSR count). The summed E-state index contributed by atoms with van der Waals surface area (Å²) < 4.78 is 3.56. The van der Waals surface area contributed by atoms with Crippen molar-refractivity contribution in [3.8, 4) is 16.9 Å². The van der Waals surface area contributed by atoms with Gasteiger partial charge in [-0.1, -0.05) is 24.3 Å². The summed E-state index contributed by atoms with van der Waals surface area (Å²) in [5, 5.41) is 5.95. The molecule has 4 heterocycles. The molecular weight excluding hydrogens is 362 g/mol. The van der Waals surface area contributed by atoms with Gasteiger partial charge in [-0.15, -0.1) is 11.3 Å². The molecule has 0 radical (unpaired) electrons. The zero-order chi connectivity index (χ0) is 18.5. The molecule has 0 saturated heterocycles. The van der Waals surface area contributed by atoms with E-state index in [0.29, 0.717) is 0 Å². The minimum Gasteiger partial charge on any atom is -0.294 e. The van der Waals surface area contributed by atoms with E-state index in [1.807, 2.05) is 24.5 Å². The van der Waals surface area contributed by atoms with Crippen molar-refractivity contribution < 1.29 is 0 Å². The van der Waals surface area contributed by atoms with Gasteiger partial charge in [-0.3, -0.25) is 9.55 Å². The second-order valence-corrected chi connectivity index (χ2v) is 7.77.